The third-order valence-electron chi connectivity index (χ3n) is 3.23. The molecule has 23 heavy (non-hydrogen) atoms. The zero-order valence-corrected chi connectivity index (χ0v) is 15.4. The molecule has 1 aromatic carbocycles. The van der Waals surface area contributed by atoms with E-state index in [1.54, 1.807) is 6.07 Å². The highest BCUT2D eigenvalue weighted by molar-refractivity contribution is 8.23. The van der Waals surface area contributed by atoms with Gasteiger partial charge in [0.1, 0.15) is 4.32 Å². The van der Waals surface area contributed by atoms with Crippen LogP contribution in [0.4, 0.5) is 18.9 Å². The van der Waals surface area contributed by atoms with Crippen LogP contribution in [-0.2, 0) is 6.18 Å². The van der Waals surface area contributed by atoms with E-state index in [4.69, 9.17) is 12.2 Å². The Morgan fingerprint density at radius 3 is 2.61 bits per heavy atom. The van der Waals surface area contributed by atoms with Crippen molar-refractivity contribution in [2.75, 3.05) is 18.6 Å². The standard InChI is InChI=1S/C15H17F3N2S3/c1-14(2)8-20(13(21)22-3)12(23-9-14)19-11-7-5-4-6-10(11)15(16,17)18/h4-7H,8-9H2,1-3H3. The number of aliphatic imine (C=N–C) groups is 1. The molecule has 1 aliphatic heterocycles. The number of thioether (sulfide) groups is 2. The molecule has 1 heterocycles. The Hall–Kier alpha value is -0.730. The van der Waals surface area contributed by atoms with Crippen LogP contribution in [0.5, 0.6) is 0 Å². The molecular weight excluding hydrogens is 361 g/mol. The lowest BCUT2D eigenvalue weighted by Gasteiger charge is -2.39. The number of para-hydroxylation sites is 1. The number of benzene rings is 1. The van der Waals surface area contributed by atoms with E-state index in [9.17, 15) is 13.2 Å². The largest absolute Gasteiger partial charge is 0.418 e. The SMILES string of the molecule is CSC(=S)N1CC(C)(C)CSC1=Nc1ccccc1C(F)(F)F. The number of thiocarbonyl (C=S) groups is 1. The van der Waals surface area contributed by atoms with Crippen LogP contribution < -0.4 is 0 Å². The van der Waals surface area contributed by atoms with Crippen molar-refractivity contribution in [1.82, 2.24) is 4.90 Å². The monoisotopic (exact) mass is 378 g/mol. The molecule has 0 amide bonds. The van der Waals surface area contributed by atoms with Gasteiger partial charge in [0.05, 0.1) is 11.3 Å². The predicted molar refractivity (Wildman–Crippen MR) is 97.6 cm³/mol. The number of hydrogen-bond donors (Lipinski definition) is 0. The number of hydrogen-bond acceptors (Lipinski definition) is 4. The Balaban J connectivity index is 2.43. The fourth-order valence-corrected chi connectivity index (χ4v) is 3.86. The summed E-state index contributed by atoms with van der Waals surface area (Å²) in [7, 11) is 0. The van der Waals surface area contributed by atoms with Crippen molar-refractivity contribution in [1.29, 1.82) is 0 Å². The summed E-state index contributed by atoms with van der Waals surface area (Å²) >= 11 is 8.19. The molecule has 126 valence electrons. The van der Waals surface area contributed by atoms with E-state index in [1.807, 2.05) is 11.2 Å². The molecule has 1 aromatic rings. The maximum absolute atomic E-state index is 13.1. The van der Waals surface area contributed by atoms with Gasteiger partial charge in [-0.25, -0.2) is 4.99 Å². The van der Waals surface area contributed by atoms with Crippen LogP contribution in [0.1, 0.15) is 19.4 Å². The average molecular weight is 379 g/mol. The van der Waals surface area contributed by atoms with Crippen molar-refractivity contribution in [2.45, 2.75) is 20.0 Å². The zero-order chi connectivity index (χ0) is 17.3. The van der Waals surface area contributed by atoms with Gasteiger partial charge in [-0.1, -0.05) is 61.7 Å². The second-order valence-electron chi connectivity index (χ2n) is 5.92. The van der Waals surface area contributed by atoms with E-state index in [0.717, 1.165) is 11.8 Å². The summed E-state index contributed by atoms with van der Waals surface area (Å²) < 4.78 is 40.0. The molecule has 1 saturated heterocycles. The van der Waals surface area contributed by atoms with E-state index >= 15 is 0 Å². The molecule has 0 unspecified atom stereocenters. The summed E-state index contributed by atoms with van der Waals surface area (Å²) in [4.78, 5) is 6.12. The van der Waals surface area contributed by atoms with Gasteiger partial charge >= 0.3 is 6.18 Å². The second kappa shape index (κ2) is 7.03. The van der Waals surface area contributed by atoms with Gasteiger partial charge in [0.2, 0.25) is 0 Å². The van der Waals surface area contributed by atoms with Crippen molar-refractivity contribution in [2.24, 2.45) is 10.4 Å². The third-order valence-corrected chi connectivity index (χ3v) is 6.02. The van der Waals surface area contributed by atoms with Crippen molar-refractivity contribution in [3.63, 3.8) is 0 Å². The molecule has 1 aliphatic rings. The molecule has 8 heteroatoms. The van der Waals surface area contributed by atoms with Gasteiger partial charge in [0.25, 0.3) is 0 Å². The van der Waals surface area contributed by atoms with E-state index in [1.165, 1.54) is 35.7 Å². The molecule has 0 aromatic heterocycles. The Kier molecular flexibility index (Phi) is 5.68. The third kappa shape index (κ3) is 4.64. The molecule has 0 saturated carbocycles. The Morgan fingerprint density at radius 2 is 2.00 bits per heavy atom. The van der Waals surface area contributed by atoms with Gasteiger partial charge in [-0.15, -0.1) is 0 Å². The summed E-state index contributed by atoms with van der Waals surface area (Å²) in [5.41, 5.74) is -0.781. The van der Waals surface area contributed by atoms with Gasteiger partial charge in [-0.2, -0.15) is 13.2 Å². The summed E-state index contributed by atoms with van der Waals surface area (Å²) in [5, 5.41) is 0.528. The maximum atomic E-state index is 13.1. The lowest BCUT2D eigenvalue weighted by Crippen LogP contribution is -2.45. The van der Waals surface area contributed by atoms with Crippen LogP contribution >= 0.6 is 35.7 Å². The van der Waals surface area contributed by atoms with Gasteiger partial charge in [0, 0.05) is 12.3 Å². The van der Waals surface area contributed by atoms with Crippen LogP contribution in [0.2, 0.25) is 0 Å². The number of alkyl halides is 3. The molecule has 0 atom stereocenters. The first-order valence-corrected chi connectivity index (χ1v) is 9.49. The van der Waals surface area contributed by atoms with Gasteiger partial charge in [-0.05, 0) is 23.8 Å². The summed E-state index contributed by atoms with van der Waals surface area (Å²) in [6.45, 7) is 4.86. The van der Waals surface area contributed by atoms with Crippen molar-refractivity contribution in [3.8, 4) is 0 Å². The van der Waals surface area contributed by atoms with Gasteiger partial charge < -0.3 is 4.90 Å². The normalized spacial score (nSPS) is 19.9. The van der Waals surface area contributed by atoms with Crippen LogP contribution in [0.3, 0.4) is 0 Å². The Morgan fingerprint density at radius 1 is 1.35 bits per heavy atom. The molecule has 0 N–H and O–H groups in total. The molecule has 2 nitrogen and oxygen atoms in total. The summed E-state index contributed by atoms with van der Waals surface area (Å²) in [6.07, 6.45) is -2.57. The Labute approximate surface area is 147 Å². The smallest absolute Gasteiger partial charge is 0.306 e. The Bertz CT molecular complexity index is 627. The van der Waals surface area contributed by atoms with E-state index < -0.39 is 11.7 Å². The first kappa shape index (κ1) is 18.6. The molecule has 0 spiro atoms. The summed E-state index contributed by atoms with van der Waals surface area (Å²) in [6, 6.07) is 5.36. The lowest BCUT2D eigenvalue weighted by molar-refractivity contribution is -0.137. The first-order valence-electron chi connectivity index (χ1n) is 6.87. The fraction of sp³-hybridized carbons (Fsp3) is 0.467. The van der Waals surface area contributed by atoms with Crippen molar-refractivity contribution >= 4 is 50.9 Å². The molecule has 0 bridgehead atoms. The number of rotatable bonds is 1. The minimum absolute atomic E-state index is 0.0209. The van der Waals surface area contributed by atoms with Crippen LogP contribution in [0.25, 0.3) is 0 Å². The zero-order valence-electron chi connectivity index (χ0n) is 13.0. The highest BCUT2D eigenvalue weighted by atomic mass is 32.2. The van der Waals surface area contributed by atoms with E-state index in [0.29, 0.717) is 16.0 Å². The number of halogens is 3. The first-order chi connectivity index (χ1) is 10.6. The average Bonchev–Trinajstić information content (AvgIpc) is 2.47. The number of amidine groups is 1. The quantitative estimate of drug-likeness (QED) is 0.606. The highest BCUT2D eigenvalue weighted by Gasteiger charge is 2.35. The van der Waals surface area contributed by atoms with Crippen LogP contribution in [0, 0.1) is 5.41 Å². The van der Waals surface area contributed by atoms with Crippen molar-refractivity contribution in [3.05, 3.63) is 29.8 Å². The second-order valence-corrected chi connectivity index (χ2v) is 8.30. The minimum Gasteiger partial charge on any atom is -0.306 e. The molecular formula is C15H17F3N2S3. The minimum atomic E-state index is -4.43. The van der Waals surface area contributed by atoms with E-state index in [-0.39, 0.29) is 11.1 Å². The lowest BCUT2D eigenvalue weighted by atomic mass is 9.96. The fourth-order valence-electron chi connectivity index (χ4n) is 2.14. The summed E-state index contributed by atoms with van der Waals surface area (Å²) in [5.74, 6) is 0.785. The number of nitrogens with zero attached hydrogens (tertiary/aromatic N) is 2. The van der Waals surface area contributed by atoms with Crippen molar-refractivity contribution < 1.29 is 13.2 Å². The van der Waals surface area contributed by atoms with E-state index in [2.05, 4.69) is 18.8 Å². The topological polar surface area (TPSA) is 15.6 Å². The van der Waals surface area contributed by atoms with Gasteiger partial charge in [0.15, 0.2) is 5.17 Å². The maximum Gasteiger partial charge on any atom is 0.418 e. The van der Waals surface area contributed by atoms with Gasteiger partial charge in [-0.3, -0.25) is 0 Å². The predicted octanol–water partition coefficient (Wildman–Crippen LogP) is 5.42. The molecule has 0 radical (unpaired) electrons. The molecule has 2 rings (SSSR count). The molecule has 0 aliphatic carbocycles. The molecule has 1 fully saturated rings. The highest BCUT2D eigenvalue weighted by Crippen LogP contribution is 2.39. The van der Waals surface area contributed by atoms with Crippen LogP contribution in [-0.4, -0.2) is 32.9 Å². The van der Waals surface area contributed by atoms with Crippen LogP contribution in [0.15, 0.2) is 29.3 Å².